The van der Waals surface area contributed by atoms with Crippen LogP contribution in [-0.4, -0.2) is 27.9 Å². The molecule has 7 heteroatoms. The minimum Gasteiger partial charge on any atom is -0.467 e. The number of carbonyl (C=O) groups is 2. The lowest BCUT2D eigenvalue weighted by Crippen LogP contribution is -2.36. The summed E-state index contributed by atoms with van der Waals surface area (Å²) in [6.07, 6.45) is 2.25. The van der Waals surface area contributed by atoms with Gasteiger partial charge in [-0.3, -0.25) is 14.2 Å². The number of nitrogens with one attached hydrogen (secondary N) is 2. The van der Waals surface area contributed by atoms with Gasteiger partial charge in [-0.1, -0.05) is 30.3 Å². The van der Waals surface area contributed by atoms with Crippen LogP contribution in [0.4, 0.5) is 0 Å². The number of para-hydroxylation sites is 3. The van der Waals surface area contributed by atoms with Crippen LogP contribution < -0.4 is 10.6 Å². The highest BCUT2D eigenvalue weighted by Gasteiger charge is 2.14. The van der Waals surface area contributed by atoms with Gasteiger partial charge in [-0.25, -0.2) is 4.98 Å². The number of fused-ring (bicyclic) bond motifs is 1. The fourth-order valence-electron chi connectivity index (χ4n) is 3.26. The molecule has 0 bridgehead atoms. The Morgan fingerprint density at radius 3 is 2.50 bits per heavy atom. The molecule has 0 aliphatic heterocycles. The third-order valence-electron chi connectivity index (χ3n) is 4.71. The van der Waals surface area contributed by atoms with Crippen LogP contribution in [0.5, 0.6) is 0 Å². The average Bonchev–Trinajstić information content (AvgIpc) is 3.43. The predicted octanol–water partition coefficient (Wildman–Crippen LogP) is 2.98. The Labute approximate surface area is 173 Å². The minimum absolute atomic E-state index is 0.0748. The zero-order valence-corrected chi connectivity index (χ0v) is 16.4. The zero-order valence-electron chi connectivity index (χ0n) is 16.4. The summed E-state index contributed by atoms with van der Waals surface area (Å²) in [5, 5.41) is 5.36. The Balaban J connectivity index is 1.36. The second kappa shape index (κ2) is 9.09. The van der Waals surface area contributed by atoms with Gasteiger partial charge in [-0.2, -0.15) is 0 Å². The van der Waals surface area contributed by atoms with Crippen molar-refractivity contribution in [3.8, 4) is 5.69 Å². The summed E-state index contributed by atoms with van der Waals surface area (Å²) in [5.74, 6) is 1.00. The zero-order chi connectivity index (χ0) is 20.8. The van der Waals surface area contributed by atoms with Gasteiger partial charge in [-0.05, 0) is 36.4 Å². The normalized spacial score (nSPS) is 10.8. The summed E-state index contributed by atoms with van der Waals surface area (Å²) < 4.78 is 7.23. The summed E-state index contributed by atoms with van der Waals surface area (Å²) in [5.41, 5.74) is 2.88. The third-order valence-corrected chi connectivity index (χ3v) is 4.71. The van der Waals surface area contributed by atoms with E-state index in [4.69, 9.17) is 9.40 Å². The first kappa shape index (κ1) is 19.4. The van der Waals surface area contributed by atoms with E-state index in [1.54, 1.807) is 18.4 Å². The van der Waals surface area contributed by atoms with Crippen LogP contribution >= 0.6 is 0 Å². The highest BCUT2D eigenvalue weighted by molar-refractivity contribution is 5.85. The number of benzene rings is 2. The van der Waals surface area contributed by atoms with Crippen LogP contribution in [0.1, 0.15) is 18.0 Å². The molecule has 2 N–H and O–H groups in total. The number of amides is 2. The van der Waals surface area contributed by atoms with E-state index < -0.39 is 0 Å². The smallest absolute Gasteiger partial charge is 0.239 e. The predicted molar refractivity (Wildman–Crippen MR) is 113 cm³/mol. The average molecular weight is 402 g/mol. The Kier molecular flexibility index (Phi) is 5.89. The van der Waals surface area contributed by atoms with Gasteiger partial charge in [0.2, 0.25) is 11.8 Å². The molecule has 2 amide bonds. The van der Waals surface area contributed by atoms with Gasteiger partial charge >= 0.3 is 0 Å². The van der Waals surface area contributed by atoms with E-state index in [1.807, 2.05) is 54.6 Å². The Hall–Kier alpha value is -3.87. The maximum absolute atomic E-state index is 12.3. The summed E-state index contributed by atoms with van der Waals surface area (Å²) in [6, 6.07) is 21.4. The van der Waals surface area contributed by atoms with Crippen molar-refractivity contribution in [3.05, 3.63) is 84.6 Å². The molecule has 0 aliphatic carbocycles. The number of aryl methyl sites for hydroxylation is 1. The molecule has 2 heterocycles. The van der Waals surface area contributed by atoms with Crippen molar-refractivity contribution in [1.29, 1.82) is 0 Å². The number of imidazole rings is 1. The molecule has 152 valence electrons. The van der Waals surface area contributed by atoms with E-state index in [1.165, 1.54) is 0 Å². The van der Waals surface area contributed by atoms with Gasteiger partial charge in [0.15, 0.2) is 0 Å². The first-order chi connectivity index (χ1) is 14.7. The number of hydrogen-bond acceptors (Lipinski definition) is 4. The van der Waals surface area contributed by atoms with Crippen molar-refractivity contribution in [2.24, 2.45) is 0 Å². The van der Waals surface area contributed by atoms with Crippen molar-refractivity contribution in [3.63, 3.8) is 0 Å². The minimum atomic E-state index is -0.267. The monoisotopic (exact) mass is 402 g/mol. The molecule has 4 aromatic rings. The van der Waals surface area contributed by atoms with Crippen molar-refractivity contribution in [2.45, 2.75) is 19.4 Å². The van der Waals surface area contributed by atoms with Crippen molar-refractivity contribution >= 4 is 22.8 Å². The molecule has 2 aromatic heterocycles. The summed E-state index contributed by atoms with van der Waals surface area (Å²) >= 11 is 0. The first-order valence-corrected chi connectivity index (χ1v) is 9.78. The van der Waals surface area contributed by atoms with E-state index in [-0.39, 0.29) is 24.8 Å². The van der Waals surface area contributed by atoms with Crippen LogP contribution in [0, 0.1) is 0 Å². The summed E-state index contributed by atoms with van der Waals surface area (Å²) in [6.45, 7) is 0.220. The van der Waals surface area contributed by atoms with Crippen LogP contribution in [0.15, 0.2) is 77.4 Å². The van der Waals surface area contributed by atoms with Crippen LogP contribution in [-0.2, 0) is 22.6 Å². The number of carbonyl (C=O) groups excluding carboxylic acids is 2. The second-order valence-corrected chi connectivity index (χ2v) is 6.82. The molecule has 0 saturated carbocycles. The second-order valence-electron chi connectivity index (χ2n) is 6.82. The molecular formula is C23H22N4O3. The largest absolute Gasteiger partial charge is 0.467 e. The van der Waals surface area contributed by atoms with Gasteiger partial charge < -0.3 is 15.1 Å². The molecular weight excluding hydrogens is 380 g/mol. The molecule has 0 fully saturated rings. The van der Waals surface area contributed by atoms with Gasteiger partial charge in [0.05, 0.1) is 30.4 Å². The van der Waals surface area contributed by atoms with E-state index in [2.05, 4.69) is 15.2 Å². The molecule has 2 aromatic carbocycles. The Morgan fingerprint density at radius 1 is 0.900 bits per heavy atom. The van der Waals surface area contributed by atoms with Gasteiger partial charge in [0.25, 0.3) is 0 Å². The highest BCUT2D eigenvalue weighted by Crippen LogP contribution is 2.22. The highest BCUT2D eigenvalue weighted by atomic mass is 16.3. The van der Waals surface area contributed by atoms with E-state index in [9.17, 15) is 9.59 Å². The maximum Gasteiger partial charge on any atom is 0.239 e. The van der Waals surface area contributed by atoms with Gasteiger partial charge in [0.1, 0.15) is 11.6 Å². The summed E-state index contributed by atoms with van der Waals surface area (Å²) in [7, 11) is 0. The Morgan fingerprint density at radius 2 is 1.70 bits per heavy atom. The lowest BCUT2D eigenvalue weighted by Gasteiger charge is -2.09. The van der Waals surface area contributed by atoms with E-state index >= 15 is 0 Å². The molecule has 0 spiro atoms. The van der Waals surface area contributed by atoms with Crippen molar-refractivity contribution in [2.75, 3.05) is 6.54 Å². The fraction of sp³-hybridized carbons (Fsp3) is 0.174. The topological polar surface area (TPSA) is 89.2 Å². The molecule has 0 unspecified atom stereocenters. The number of furan rings is 1. The number of hydrogen-bond donors (Lipinski definition) is 2. The van der Waals surface area contributed by atoms with E-state index in [0.29, 0.717) is 18.7 Å². The lowest BCUT2D eigenvalue weighted by atomic mass is 10.2. The van der Waals surface area contributed by atoms with Crippen LogP contribution in [0.2, 0.25) is 0 Å². The molecule has 0 radical (unpaired) electrons. The molecule has 0 aliphatic rings. The van der Waals surface area contributed by atoms with Crippen LogP contribution in [0.25, 0.3) is 16.7 Å². The molecule has 0 atom stereocenters. The number of aromatic nitrogens is 2. The first-order valence-electron chi connectivity index (χ1n) is 9.78. The summed E-state index contributed by atoms with van der Waals surface area (Å²) in [4.78, 5) is 28.9. The number of rotatable bonds is 8. The quantitative estimate of drug-likeness (QED) is 0.474. The standard InChI is InChI=1S/C23H22N4O3/c28-22(25-16-23(29)24-15-18-9-6-14-30-18)13-12-21-26-19-10-4-5-11-20(19)27(21)17-7-2-1-3-8-17/h1-11,14H,12-13,15-16H2,(H,24,29)(H,25,28). The molecule has 30 heavy (non-hydrogen) atoms. The fourth-order valence-corrected chi connectivity index (χ4v) is 3.26. The maximum atomic E-state index is 12.3. The molecule has 4 rings (SSSR count). The van der Waals surface area contributed by atoms with E-state index in [0.717, 1.165) is 22.5 Å². The van der Waals surface area contributed by atoms with Crippen molar-refractivity contribution in [1.82, 2.24) is 20.2 Å². The van der Waals surface area contributed by atoms with Gasteiger partial charge in [-0.15, -0.1) is 0 Å². The third kappa shape index (κ3) is 4.57. The molecule has 7 nitrogen and oxygen atoms in total. The van der Waals surface area contributed by atoms with Crippen LogP contribution in [0.3, 0.4) is 0 Å². The lowest BCUT2D eigenvalue weighted by molar-refractivity contribution is -0.126. The number of nitrogens with zero attached hydrogens (tertiary/aromatic N) is 2. The van der Waals surface area contributed by atoms with Gasteiger partial charge in [0, 0.05) is 18.5 Å². The Bertz CT molecular complexity index is 1130. The van der Waals surface area contributed by atoms with Crippen molar-refractivity contribution < 1.29 is 14.0 Å². The SMILES string of the molecule is O=C(CCc1nc2ccccc2n1-c1ccccc1)NCC(=O)NCc1ccco1. The molecule has 0 saturated heterocycles.